The van der Waals surface area contributed by atoms with Crippen molar-refractivity contribution in [2.75, 3.05) is 33.4 Å². The Morgan fingerprint density at radius 2 is 1.84 bits per heavy atom. The first-order valence-electron chi connectivity index (χ1n) is 16.3. The van der Waals surface area contributed by atoms with E-state index in [4.69, 9.17) is 19.8 Å². The Bertz CT molecular complexity index is 2170. The van der Waals surface area contributed by atoms with Gasteiger partial charge in [-0.25, -0.2) is 18.2 Å². The van der Waals surface area contributed by atoms with Crippen LogP contribution in [0.2, 0.25) is 0 Å². The molecule has 0 radical (unpaired) electrons. The Balaban J connectivity index is 1.49. The van der Waals surface area contributed by atoms with Gasteiger partial charge in [-0.15, -0.1) is 11.3 Å². The maximum absolute atomic E-state index is 16.2. The smallest absolute Gasteiger partial charge is 0.345 e. The van der Waals surface area contributed by atoms with Crippen molar-refractivity contribution in [1.82, 2.24) is 29.5 Å². The second-order valence-corrected chi connectivity index (χ2v) is 13.3. The summed E-state index contributed by atoms with van der Waals surface area (Å²) in [5.74, 6) is -3.39. The van der Waals surface area contributed by atoms with Crippen molar-refractivity contribution in [1.29, 1.82) is 0 Å². The molecule has 1 amide bonds. The molecule has 6 heterocycles. The minimum absolute atomic E-state index is 0.00967. The van der Waals surface area contributed by atoms with Crippen LogP contribution < -0.4 is 4.74 Å². The van der Waals surface area contributed by atoms with Crippen LogP contribution in [0.15, 0.2) is 48.5 Å². The molecule has 2 aliphatic heterocycles. The summed E-state index contributed by atoms with van der Waals surface area (Å²) in [5, 5.41) is 6.08. The molecule has 0 aliphatic carbocycles. The number of rotatable bonds is 9. The van der Waals surface area contributed by atoms with Crippen molar-refractivity contribution < 1.29 is 36.2 Å². The van der Waals surface area contributed by atoms with Crippen molar-refractivity contribution in [3.63, 3.8) is 0 Å². The monoisotopic (exact) mass is 724 g/mol. The molecule has 2 aliphatic rings. The fourth-order valence-electron chi connectivity index (χ4n) is 6.86. The lowest BCUT2D eigenvalue weighted by Gasteiger charge is -2.33. The number of benzene rings is 1. The van der Waals surface area contributed by atoms with Gasteiger partial charge in [0.25, 0.3) is 0 Å². The van der Waals surface area contributed by atoms with Gasteiger partial charge in [-0.2, -0.15) is 13.9 Å². The van der Waals surface area contributed by atoms with Crippen LogP contribution in [0.5, 0.6) is 5.75 Å². The third-order valence-electron chi connectivity index (χ3n) is 9.57. The van der Waals surface area contributed by atoms with Gasteiger partial charge >= 0.3 is 6.61 Å². The maximum Gasteiger partial charge on any atom is 0.345 e. The van der Waals surface area contributed by atoms with Crippen molar-refractivity contribution in [3.05, 3.63) is 82.9 Å². The molecule has 0 saturated carbocycles. The molecule has 0 spiro atoms. The molecule has 1 aromatic carbocycles. The number of hydrogen-bond acceptors (Lipinski definition) is 8. The number of likely N-dealkylation sites (N-methyl/N-ethyl adjacent to an activating group) is 1. The second kappa shape index (κ2) is 13.8. The molecule has 266 valence electrons. The summed E-state index contributed by atoms with van der Waals surface area (Å²) in [7, 11) is 2.03. The van der Waals surface area contributed by atoms with Crippen molar-refractivity contribution >= 4 is 27.3 Å². The van der Waals surface area contributed by atoms with E-state index in [9.17, 15) is 18.0 Å². The Hall–Kier alpha value is -4.73. The quantitative estimate of drug-likeness (QED) is 0.0882. The first-order chi connectivity index (χ1) is 24.5. The number of fused-ring (bicyclic) bond motifs is 3. The zero-order valence-electron chi connectivity index (χ0n) is 27.9. The topological polar surface area (TPSA) is 85.6 Å². The molecule has 0 saturated heterocycles. The van der Waals surface area contributed by atoms with E-state index in [2.05, 4.69) is 23.1 Å². The lowest BCUT2D eigenvalue weighted by Crippen LogP contribution is -2.40. The molecule has 0 bridgehead atoms. The zero-order valence-corrected chi connectivity index (χ0v) is 28.7. The van der Waals surface area contributed by atoms with Crippen LogP contribution in [0.25, 0.3) is 43.9 Å². The number of nitrogens with zero attached hydrogens (tertiary/aromatic N) is 6. The van der Waals surface area contributed by atoms with Gasteiger partial charge in [0.15, 0.2) is 0 Å². The van der Waals surface area contributed by atoms with Gasteiger partial charge in [0.05, 0.1) is 40.8 Å². The molecule has 0 fully saturated rings. The number of halogens is 5. The van der Waals surface area contributed by atoms with Crippen LogP contribution in [-0.2, 0) is 22.5 Å². The van der Waals surface area contributed by atoms with Crippen molar-refractivity contribution in [2.45, 2.75) is 45.5 Å². The average Bonchev–Trinajstić information content (AvgIpc) is 3.72. The minimum Gasteiger partial charge on any atom is -0.490 e. The predicted octanol–water partition coefficient (Wildman–Crippen LogP) is 7.56. The molecular formula is C36H33F5N6O3S. The first kappa shape index (κ1) is 34.7. The highest BCUT2D eigenvalue weighted by Gasteiger charge is 2.33. The van der Waals surface area contributed by atoms with Gasteiger partial charge < -0.3 is 14.4 Å². The number of ether oxygens (including phenoxy) is 2. The molecule has 15 heteroatoms. The van der Waals surface area contributed by atoms with Gasteiger partial charge in [0, 0.05) is 71.5 Å². The van der Waals surface area contributed by atoms with E-state index >= 15 is 8.78 Å². The van der Waals surface area contributed by atoms with Crippen LogP contribution in [-0.4, -0.2) is 75.4 Å². The van der Waals surface area contributed by atoms with E-state index in [1.807, 2.05) is 20.0 Å². The molecule has 9 nitrogen and oxygen atoms in total. The fourth-order valence-corrected chi connectivity index (χ4v) is 7.79. The van der Waals surface area contributed by atoms with Crippen LogP contribution in [0.4, 0.5) is 22.0 Å². The van der Waals surface area contributed by atoms with Crippen LogP contribution in [0.1, 0.15) is 42.9 Å². The SMILES string of the molecule is C=CC(=O)N1CCn2nc(-c3nc(-c4cnc5c(c4)[C@@H](C)N(C)CC5)c4scc(F)c4c3-c3c(F)cc(F)cc3OCCOC(F)F)cc2[C@H]1C. The number of aromatic nitrogens is 4. The Morgan fingerprint density at radius 1 is 1.04 bits per heavy atom. The first-order valence-corrected chi connectivity index (χ1v) is 17.2. The molecular weight excluding hydrogens is 691 g/mol. The lowest BCUT2D eigenvalue weighted by atomic mass is 9.93. The number of alkyl halides is 2. The van der Waals surface area contributed by atoms with E-state index in [0.717, 1.165) is 41.6 Å². The van der Waals surface area contributed by atoms with Gasteiger partial charge in [-0.3, -0.25) is 19.4 Å². The van der Waals surface area contributed by atoms with Crippen LogP contribution >= 0.6 is 11.3 Å². The van der Waals surface area contributed by atoms with Gasteiger partial charge in [0.1, 0.15) is 41.2 Å². The van der Waals surface area contributed by atoms with Gasteiger partial charge in [-0.05, 0) is 44.7 Å². The summed E-state index contributed by atoms with van der Waals surface area (Å²) < 4.78 is 84.4. The number of pyridine rings is 2. The summed E-state index contributed by atoms with van der Waals surface area (Å²) in [4.78, 5) is 26.3. The number of carbonyl (C=O) groups excluding carboxylic acids is 1. The van der Waals surface area contributed by atoms with Gasteiger partial charge in [0.2, 0.25) is 5.91 Å². The maximum atomic E-state index is 16.2. The standard InChI is InChI=1S/C36H33F5N6O3S/c1-5-29(48)46-8-9-47-27(19(46)3)15-26(44-47)34-32(30-23(38)13-21(37)14-28(30)49-10-11-50-36(40)41)31-24(39)17-51-35(31)33(43-34)20-12-22-18(2)45(4)7-6-25(22)42-16-20/h5,12-19,36H,1,6-11H2,2-4H3/t18-,19-/m1/s1. The van der Waals surface area contributed by atoms with Crippen LogP contribution in [0.3, 0.4) is 0 Å². The van der Waals surface area contributed by atoms with Crippen LogP contribution in [0, 0.1) is 17.5 Å². The number of thiophene rings is 1. The summed E-state index contributed by atoms with van der Waals surface area (Å²) in [6.45, 7) is 4.92. The highest BCUT2D eigenvalue weighted by molar-refractivity contribution is 7.17. The summed E-state index contributed by atoms with van der Waals surface area (Å²) in [6.07, 6.45) is 3.68. The van der Waals surface area contributed by atoms with Crippen molar-refractivity contribution in [2.24, 2.45) is 0 Å². The molecule has 2 atom stereocenters. The average molecular weight is 725 g/mol. The molecule has 5 aromatic rings. The lowest BCUT2D eigenvalue weighted by molar-refractivity contribution is -0.133. The minimum atomic E-state index is -3.08. The largest absolute Gasteiger partial charge is 0.490 e. The zero-order chi connectivity index (χ0) is 36.1. The molecule has 51 heavy (non-hydrogen) atoms. The van der Waals surface area contributed by atoms with Gasteiger partial charge in [-0.1, -0.05) is 6.58 Å². The Labute approximate surface area is 293 Å². The van der Waals surface area contributed by atoms with E-state index < -0.39 is 43.3 Å². The van der Waals surface area contributed by atoms with E-state index in [1.54, 1.807) is 21.8 Å². The third kappa shape index (κ3) is 6.27. The van der Waals surface area contributed by atoms with E-state index in [-0.39, 0.29) is 45.6 Å². The summed E-state index contributed by atoms with van der Waals surface area (Å²) in [6, 6.07) is 4.87. The predicted molar refractivity (Wildman–Crippen MR) is 182 cm³/mol. The summed E-state index contributed by atoms with van der Waals surface area (Å²) >= 11 is 1.06. The normalized spacial score (nSPS) is 17.5. The number of hydrogen-bond donors (Lipinski definition) is 0. The Morgan fingerprint density at radius 3 is 2.61 bits per heavy atom. The molecule has 7 rings (SSSR count). The fraction of sp³-hybridized carbons (Fsp3) is 0.333. The molecule has 0 N–H and O–H groups in total. The van der Waals surface area contributed by atoms with E-state index in [1.165, 1.54) is 11.5 Å². The molecule has 0 unspecified atom stereocenters. The highest BCUT2D eigenvalue weighted by atomic mass is 32.1. The molecule has 4 aromatic heterocycles. The van der Waals surface area contributed by atoms with Crippen molar-refractivity contribution in [3.8, 4) is 39.5 Å². The third-order valence-corrected chi connectivity index (χ3v) is 10.5. The Kier molecular flexibility index (Phi) is 9.37. The van der Waals surface area contributed by atoms with E-state index in [0.29, 0.717) is 40.8 Å². The highest BCUT2D eigenvalue weighted by Crippen LogP contribution is 2.48. The summed E-state index contributed by atoms with van der Waals surface area (Å²) in [5.41, 5.74) is 3.51. The number of carbonyl (C=O) groups is 1. The second-order valence-electron chi connectivity index (χ2n) is 12.5. The number of amides is 1.